The zero-order chi connectivity index (χ0) is 13.7. The number of anilines is 1. The van der Waals surface area contributed by atoms with Gasteiger partial charge < -0.3 is 15.4 Å². The van der Waals surface area contributed by atoms with Crippen molar-refractivity contribution in [2.45, 2.75) is 6.92 Å². The minimum absolute atomic E-state index is 0.182. The molecule has 3 N–H and O–H groups in total. The molecule has 0 spiro atoms. The third kappa shape index (κ3) is 3.24. The maximum absolute atomic E-state index is 11.9. The summed E-state index contributed by atoms with van der Waals surface area (Å²) in [5.41, 5.74) is 2.92. The summed E-state index contributed by atoms with van der Waals surface area (Å²) in [6.07, 6.45) is 1.70. The SMILES string of the molecule is Cc1ccc(C#CCO)cc1NC(=O)c1ccc[nH]1. The molecule has 1 aromatic carbocycles. The summed E-state index contributed by atoms with van der Waals surface area (Å²) in [5, 5.41) is 11.5. The minimum Gasteiger partial charge on any atom is -0.384 e. The van der Waals surface area contributed by atoms with Gasteiger partial charge in [0.2, 0.25) is 0 Å². The van der Waals surface area contributed by atoms with Crippen molar-refractivity contribution in [3.63, 3.8) is 0 Å². The van der Waals surface area contributed by atoms with Crippen LogP contribution in [0.25, 0.3) is 0 Å². The molecule has 0 saturated carbocycles. The van der Waals surface area contributed by atoms with Gasteiger partial charge >= 0.3 is 0 Å². The van der Waals surface area contributed by atoms with Gasteiger partial charge in [-0.2, -0.15) is 0 Å². The molecule has 0 fully saturated rings. The normalized spacial score (nSPS) is 9.58. The highest BCUT2D eigenvalue weighted by Crippen LogP contribution is 2.17. The van der Waals surface area contributed by atoms with Crippen LogP contribution in [0.5, 0.6) is 0 Å². The number of aromatic nitrogens is 1. The Hall–Kier alpha value is -2.51. The van der Waals surface area contributed by atoms with Crippen molar-refractivity contribution in [3.8, 4) is 11.8 Å². The minimum atomic E-state index is -0.194. The molecule has 1 aromatic heterocycles. The number of aryl methyl sites for hydroxylation is 1. The molecule has 4 heteroatoms. The molecule has 96 valence electrons. The lowest BCUT2D eigenvalue weighted by Gasteiger charge is -2.08. The summed E-state index contributed by atoms with van der Waals surface area (Å²) < 4.78 is 0. The fourth-order valence-corrected chi connectivity index (χ4v) is 1.64. The van der Waals surface area contributed by atoms with Crippen LogP contribution in [0.1, 0.15) is 21.6 Å². The van der Waals surface area contributed by atoms with E-state index in [0.717, 1.165) is 11.1 Å². The van der Waals surface area contributed by atoms with Crippen LogP contribution in [-0.2, 0) is 0 Å². The fraction of sp³-hybridized carbons (Fsp3) is 0.133. The molecule has 19 heavy (non-hydrogen) atoms. The van der Waals surface area contributed by atoms with Gasteiger partial charge in [-0.1, -0.05) is 17.9 Å². The lowest BCUT2D eigenvalue weighted by atomic mass is 10.1. The third-order valence-electron chi connectivity index (χ3n) is 2.64. The Labute approximate surface area is 111 Å². The summed E-state index contributed by atoms with van der Waals surface area (Å²) in [7, 11) is 0. The van der Waals surface area contributed by atoms with E-state index in [1.165, 1.54) is 0 Å². The molecule has 0 radical (unpaired) electrons. The second-order valence-corrected chi connectivity index (χ2v) is 4.03. The molecule has 0 bridgehead atoms. The lowest BCUT2D eigenvalue weighted by molar-refractivity contribution is 0.102. The van der Waals surface area contributed by atoms with Gasteiger partial charge in [0.25, 0.3) is 5.91 Å². The Balaban J connectivity index is 2.22. The first kappa shape index (κ1) is 12.9. The first-order valence-electron chi connectivity index (χ1n) is 5.86. The zero-order valence-corrected chi connectivity index (χ0v) is 10.5. The monoisotopic (exact) mass is 254 g/mol. The maximum atomic E-state index is 11.9. The van der Waals surface area contributed by atoms with Crippen molar-refractivity contribution in [3.05, 3.63) is 53.3 Å². The molecular weight excluding hydrogens is 240 g/mol. The van der Waals surface area contributed by atoms with Crippen LogP contribution in [0, 0.1) is 18.8 Å². The van der Waals surface area contributed by atoms with Crippen molar-refractivity contribution in [2.75, 3.05) is 11.9 Å². The van der Waals surface area contributed by atoms with E-state index in [2.05, 4.69) is 22.1 Å². The highest BCUT2D eigenvalue weighted by molar-refractivity contribution is 6.03. The van der Waals surface area contributed by atoms with Crippen LogP contribution >= 0.6 is 0 Å². The second-order valence-electron chi connectivity index (χ2n) is 4.03. The average molecular weight is 254 g/mol. The van der Waals surface area contributed by atoms with Crippen LogP contribution in [0.2, 0.25) is 0 Å². The highest BCUT2D eigenvalue weighted by Gasteiger charge is 2.08. The maximum Gasteiger partial charge on any atom is 0.272 e. The zero-order valence-electron chi connectivity index (χ0n) is 10.5. The number of aliphatic hydroxyl groups excluding tert-OH is 1. The molecule has 0 unspecified atom stereocenters. The van der Waals surface area contributed by atoms with E-state index in [4.69, 9.17) is 5.11 Å². The second kappa shape index (κ2) is 5.89. The molecular formula is C15H14N2O2. The number of aliphatic hydroxyl groups is 1. The smallest absolute Gasteiger partial charge is 0.272 e. The van der Waals surface area contributed by atoms with E-state index in [0.29, 0.717) is 11.4 Å². The van der Waals surface area contributed by atoms with Gasteiger partial charge in [-0.05, 0) is 36.8 Å². The van der Waals surface area contributed by atoms with Crippen LogP contribution in [0.15, 0.2) is 36.5 Å². The Morgan fingerprint density at radius 2 is 2.26 bits per heavy atom. The van der Waals surface area contributed by atoms with Crippen LogP contribution < -0.4 is 5.32 Å². The van der Waals surface area contributed by atoms with Gasteiger partial charge in [0.15, 0.2) is 0 Å². The van der Waals surface area contributed by atoms with Gasteiger partial charge in [-0.3, -0.25) is 4.79 Å². The molecule has 1 heterocycles. The van der Waals surface area contributed by atoms with Gasteiger partial charge in [0.05, 0.1) is 0 Å². The number of H-pyrrole nitrogens is 1. The van der Waals surface area contributed by atoms with E-state index < -0.39 is 0 Å². The highest BCUT2D eigenvalue weighted by atomic mass is 16.2. The number of amides is 1. The van der Waals surface area contributed by atoms with Gasteiger partial charge in [0, 0.05) is 17.4 Å². The van der Waals surface area contributed by atoms with Crippen molar-refractivity contribution in [1.29, 1.82) is 0 Å². The van der Waals surface area contributed by atoms with Crippen molar-refractivity contribution < 1.29 is 9.90 Å². The van der Waals surface area contributed by atoms with Gasteiger partial charge in [-0.15, -0.1) is 0 Å². The van der Waals surface area contributed by atoms with E-state index in [1.54, 1.807) is 24.4 Å². The Bertz CT molecular complexity index is 634. The Morgan fingerprint density at radius 1 is 1.42 bits per heavy atom. The fourth-order valence-electron chi connectivity index (χ4n) is 1.64. The van der Waals surface area contributed by atoms with Crippen LogP contribution in [-0.4, -0.2) is 22.6 Å². The van der Waals surface area contributed by atoms with E-state index in [9.17, 15) is 4.79 Å². The quantitative estimate of drug-likeness (QED) is 0.717. The average Bonchev–Trinajstić information content (AvgIpc) is 2.93. The summed E-state index contributed by atoms with van der Waals surface area (Å²) >= 11 is 0. The lowest BCUT2D eigenvalue weighted by Crippen LogP contribution is -2.13. The number of carbonyl (C=O) groups is 1. The summed E-state index contributed by atoms with van der Waals surface area (Å²) in [6, 6.07) is 9.00. The first-order valence-corrected chi connectivity index (χ1v) is 5.86. The number of aromatic amines is 1. The van der Waals surface area contributed by atoms with Crippen molar-refractivity contribution in [1.82, 2.24) is 4.98 Å². The van der Waals surface area contributed by atoms with Crippen molar-refractivity contribution in [2.24, 2.45) is 0 Å². The molecule has 0 aliphatic carbocycles. The topological polar surface area (TPSA) is 65.1 Å². The summed E-state index contributed by atoms with van der Waals surface area (Å²) in [5.74, 6) is 5.20. The molecule has 2 rings (SSSR count). The molecule has 0 aliphatic rings. The molecule has 2 aromatic rings. The van der Waals surface area contributed by atoms with E-state index in [-0.39, 0.29) is 12.5 Å². The van der Waals surface area contributed by atoms with Crippen LogP contribution in [0.4, 0.5) is 5.69 Å². The van der Waals surface area contributed by atoms with Gasteiger partial charge in [0.1, 0.15) is 12.3 Å². The van der Waals surface area contributed by atoms with E-state index in [1.807, 2.05) is 19.1 Å². The number of benzene rings is 1. The predicted molar refractivity (Wildman–Crippen MR) is 73.9 cm³/mol. The number of nitrogens with one attached hydrogen (secondary N) is 2. The Kier molecular flexibility index (Phi) is 4.01. The van der Waals surface area contributed by atoms with Crippen LogP contribution in [0.3, 0.4) is 0 Å². The number of hydrogen-bond donors (Lipinski definition) is 3. The number of carbonyl (C=O) groups excluding carboxylic acids is 1. The Morgan fingerprint density at radius 3 is 2.95 bits per heavy atom. The number of rotatable bonds is 2. The van der Waals surface area contributed by atoms with E-state index >= 15 is 0 Å². The molecule has 0 atom stereocenters. The molecule has 1 amide bonds. The summed E-state index contributed by atoms with van der Waals surface area (Å²) in [4.78, 5) is 14.8. The van der Waals surface area contributed by atoms with Crippen molar-refractivity contribution >= 4 is 11.6 Å². The predicted octanol–water partition coefficient (Wildman–Crippen LogP) is 1.92. The molecule has 0 aliphatic heterocycles. The summed E-state index contributed by atoms with van der Waals surface area (Å²) in [6.45, 7) is 1.73. The first-order chi connectivity index (χ1) is 9.20. The molecule has 4 nitrogen and oxygen atoms in total. The standard InChI is InChI=1S/C15H14N2O2/c1-11-6-7-12(4-3-9-18)10-14(11)17-15(19)13-5-2-8-16-13/h2,5-8,10,16,18H,9H2,1H3,(H,17,19). The molecule has 0 saturated heterocycles. The third-order valence-corrected chi connectivity index (χ3v) is 2.64. The van der Waals surface area contributed by atoms with Gasteiger partial charge in [-0.25, -0.2) is 0 Å². The number of hydrogen-bond acceptors (Lipinski definition) is 2. The largest absolute Gasteiger partial charge is 0.384 e.